The molecule has 1 aromatic heterocycles. The summed E-state index contributed by atoms with van der Waals surface area (Å²) in [5.41, 5.74) is 2.60. The molecule has 27 heavy (non-hydrogen) atoms. The first-order valence-corrected chi connectivity index (χ1v) is 8.72. The summed E-state index contributed by atoms with van der Waals surface area (Å²) in [7, 11) is 3.17. The summed E-state index contributed by atoms with van der Waals surface area (Å²) in [5, 5.41) is 9.52. The van der Waals surface area contributed by atoms with E-state index in [0.717, 1.165) is 5.56 Å². The van der Waals surface area contributed by atoms with Crippen LogP contribution in [0.5, 0.6) is 11.5 Å². The average molecular weight is 385 g/mol. The standard InChI is InChI=1S/C19H20N4O3S/c1-11-16(18(24)22-12-5-4-8-20-10-12)17(23-19(27)21-11)14-9-13(25-2)6-7-15(14)26-3/h4-10,17H,1-3H3,(H,22,24)(H2,21,23,27)/p+1. The van der Waals surface area contributed by atoms with Gasteiger partial charge in [0.2, 0.25) is 0 Å². The highest BCUT2D eigenvalue weighted by Crippen LogP contribution is 2.35. The van der Waals surface area contributed by atoms with Gasteiger partial charge in [0.05, 0.1) is 25.8 Å². The van der Waals surface area contributed by atoms with Gasteiger partial charge in [-0.3, -0.25) is 4.79 Å². The maximum atomic E-state index is 13.0. The molecular formula is C19H21N4O3S+. The van der Waals surface area contributed by atoms with Crippen molar-refractivity contribution in [1.29, 1.82) is 0 Å². The highest BCUT2D eigenvalue weighted by atomic mass is 32.1. The van der Waals surface area contributed by atoms with Crippen LogP contribution >= 0.6 is 12.2 Å². The van der Waals surface area contributed by atoms with Crippen LogP contribution in [0.3, 0.4) is 0 Å². The Balaban J connectivity index is 2.03. The van der Waals surface area contributed by atoms with Crippen LogP contribution in [0, 0.1) is 0 Å². The molecule has 1 aliphatic rings. The van der Waals surface area contributed by atoms with E-state index in [-0.39, 0.29) is 5.91 Å². The summed E-state index contributed by atoms with van der Waals surface area (Å²) in [6, 6.07) is 8.57. The number of rotatable bonds is 5. The lowest BCUT2D eigenvalue weighted by atomic mass is 9.94. The molecule has 1 aromatic carbocycles. The summed E-state index contributed by atoms with van der Waals surface area (Å²) in [5.74, 6) is 1.04. The van der Waals surface area contributed by atoms with Crippen LogP contribution in [-0.4, -0.2) is 25.2 Å². The van der Waals surface area contributed by atoms with Crippen LogP contribution in [0.25, 0.3) is 0 Å². The maximum Gasteiger partial charge on any atom is 0.255 e. The minimum absolute atomic E-state index is 0.246. The molecular weight excluding hydrogens is 364 g/mol. The summed E-state index contributed by atoms with van der Waals surface area (Å²) >= 11 is 5.30. The Morgan fingerprint density at radius 1 is 1.26 bits per heavy atom. The van der Waals surface area contributed by atoms with E-state index >= 15 is 0 Å². The number of hydrogen-bond donors (Lipinski definition) is 3. The van der Waals surface area contributed by atoms with E-state index in [2.05, 4.69) is 20.9 Å². The van der Waals surface area contributed by atoms with Crippen LogP contribution in [0.15, 0.2) is 54.0 Å². The Labute approximate surface area is 162 Å². The van der Waals surface area contributed by atoms with Crippen molar-refractivity contribution < 1.29 is 19.3 Å². The normalized spacial score (nSPS) is 16.3. The van der Waals surface area contributed by atoms with E-state index in [1.54, 1.807) is 44.8 Å². The molecule has 0 aliphatic carbocycles. The molecule has 0 saturated carbocycles. The lowest BCUT2D eigenvalue weighted by Crippen LogP contribution is -2.45. The number of ether oxygens (including phenoxy) is 2. The monoisotopic (exact) mass is 385 g/mol. The first-order valence-electron chi connectivity index (χ1n) is 8.31. The van der Waals surface area contributed by atoms with Crippen LogP contribution in [0.4, 0.5) is 5.69 Å². The third kappa shape index (κ3) is 4.01. The number of anilines is 1. The predicted molar refractivity (Wildman–Crippen MR) is 105 cm³/mol. The van der Waals surface area contributed by atoms with Crippen molar-refractivity contribution in [2.45, 2.75) is 13.0 Å². The van der Waals surface area contributed by atoms with Crippen LogP contribution < -0.4 is 30.4 Å². The number of thiocarbonyl (C=S) groups is 1. The molecule has 0 fully saturated rings. The molecule has 1 amide bonds. The SMILES string of the molecule is COc1ccc(OC)c(C2NC(=S)NC(C)=C2C(=O)Nc2ccc[nH+]c2)c1. The van der Waals surface area contributed by atoms with E-state index in [0.29, 0.717) is 33.6 Å². The minimum atomic E-state index is -0.489. The number of hydrogen-bond acceptors (Lipinski definition) is 4. The van der Waals surface area contributed by atoms with E-state index in [1.807, 2.05) is 19.1 Å². The van der Waals surface area contributed by atoms with Gasteiger partial charge in [0.1, 0.15) is 17.2 Å². The fraction of sp³-hybridized carbons (Fsp3) is 0.211. The van der Waals surface area contributed by atoms with Gasteiger partial charge in [-0.1, -0.05) is 0 Å². The number of H-pyrrole nitrogens is 1. The molecule has 1 aliphatic heterocycles. The van der Waals surface area contributed by atoms with Crippen molar-refractivity contribution in [1.82, 2.24) is 10.6 Å². The third-order valence-corrected chi connectivity index (χ3v) is 4.45. The average Bonchev–Trinajstić information content (AvgIpc) is 2.67. The number of nitrogens with one attached hydrogen (secondary N) is 4. The summed E-state index contributed by atoms with van der Waals surface area (Å²) < 4.78 is 10.8. The van der Waals surface area contributed by atoms with E-state index in [4.69, 9.17) is 21.7 Å². The first kappa shape index (κ1) is 18.7. The number of methoxy groups -OCH3 is 2. The maximum absolute atomic E-state index is 13.0. The second kappa shape index (κ2) is 8.05. The van der Waals surface area contributed by atoms with E-state index in [9.17, 15) is 4.79 Å². The molecule has 0 bridgehead atoms. The van der Waals surface area contributed by atoms with Gasteiger partial charge in [-0.2, -0.15) is 0 Å². The molecule has 0 radical (unpaired) electrons. The second-order valence-electron chi connectivity index (χ2n) is 5.92. The van der Waals surface area contributed by atoms with E-state index in [1.165, 1.54) is 0 Å². The van der Waals surface area contributed by atoms with Gasteiger partial charge in [0, 0.05) is 17.3 Å². The van der Waals surface area contributed by atoms with Gasteiger partial charge >= 0.3 is 0 Å². The number of carbonyl (C=O) groups is 1. The fourth-order valence-corrected chi connectivity index (χ4v) is 3.23. The zero-order valence-corrected chi connectivity index (χ0v) is 16.1. The summed E-state index contributed by atoms with van der Waals surface area (Å²) in [4.78, 5) is 16.0. The lowest BCUT2D eigenvalue weighted by molar-refractivity contribution is -0.377. The third-order valence-electron chi connectivity index (χ3n) is 4.23. The van der Waals surface area contributed by atoms with Gasteiger partial charge in [0.15, 0.2) is 17.5 Å². The number of aromatic nitrogens is 1. The molecule has 140 valence electrons. The van der Waals surface area contributed by atoms with Crippen molar-refractivity contribution in [2.75, 3.05) is 19.5 Å². The van der Waals surface area contributed by atoms with Crippen molar-refractivity contribution in [3.8, 4) is 11.5 Å². The quantitative estimate of drug-likeness (QED) is 0.682. The molecule has 8 heteroatoms. The molecule has 1 unspecified atom stereocenters. The molecule has 0 spiro atoms. The zero-order chi connectivity index (χ0) is 19.4. The number of allylic oxidation sites excluding steroid dienone is 1. The Hall–Kier alpha value is -3.13. The topological polar surface area (TPSA) is 85.8 Å². The van der Waals surface area contributed by atoms with Crippen molar-refractivity contribution in [3.05, 3.63) is 59.6 Å². The van der Waals surface area contributed by atoms with Gasteiger partial charge in [-0.15, -0.1) is 0 Å². The fourth-order valence-electron chi connectivity index (χ4n) is 2.96. The second-order valence-corrected chi connectivity index (χ2v) is 6.33. The van der Waals surface area contributed by atoms with Gasteiger partial charge < -0.3 is 25.4 Å². The number of amides is 1. The number of pyridine rings is 1. The largest absolute Gasteiger partial charge is 0.497 e. The number of carbonyl (C=O) groups excluding carboxylic acids is 1. The Morgan fingerprint density at radius 3 is 2.74 bits per heavy atom. The predicted octanol–water partition coefficient (Wildman–Crippen LogP) is 1.95. The highest BCUT2D eigenvalue weighted by Gasteiger charge is 2.32. The molecule has 2 aromatic rings. The summed E-state index contributed by atoms with van der Waals surface area (Å²) in [6.45, 7) is 1.82. The number of benzene rings is 1. The smallest absolute Gasteiger partial charge is 0.255 e. The Morgan fingerprint density at radius 2 is 2.07 bits per heavy atom. The van der Waals surface area contributed by atoms with E-state index < -0.39 is 6.04 Å². The van der Waals surface area contributed by atoms with Crippen LogP contribution in [-0.2, 0) is 4.79 Å². The lowest BCUT2D eigenvalue weighted by Gasteiger charge is -2.31. The van der Waals surface area contributed by atoms with Gasteiger partial charge in [-0.25, -0.2) is 4.98 Å². The molecule has 4 N–H and O–H groups in total. The van der Waals surface area contributed by atoms with Gasteiger partial charge in [-0.05, 0) is 43.4 Å². The van der Waals surface area contributed by atoms with Gasteiger partial charge in [0.25, 0.3) is 5.91 Å². The molecule has 1 atom stereocenters. The van der Waals surface area contributed by atoms with Crippen molar-refractivity contribution >= 4 is 28.9 Å². The molecule has 3 rings (SSSR count). The van der Waals surface area contributed by atoms with Crippen LogP contribution in [0.1, 0.15) is 18.5 Å². The molecule has 7 nitrogen and oxygen atoms in total. The summed E-state index contributed by atoms with van der Waals surface area (Å²) in [6.07, 6.45) is 3.48. The Kier molecular flexibility index (Phi) is 5.56. The molecule has 2 heterocycles. The number of aromatic amines is 1. The minimum Gasteiger partial charge on any atom is -0.497 e. The zero-order valence-electron chi connectivity index (χ0n) is 15.3. The molecule has 0 saturated heterocycles. The van der Waals surface area contributed by atoms with Crippen molar-refractivity contribution in [2.24, 2.45) is 0 Å². The van der Waals surface area contributed by atoms with Crippen LogP contribution in [0.2, 0.25) is 0 Å². The highest BCUT2D eigenvalue weighted by molar-refractivity contribution is 7.80. The first-order chi connectivity index (χ1) is 13.0. The van der Waals surface area contributed by atoms with Crippen molar-refractivity contribution in [3.63, 3.8) is 0 Å². The Bertz CT molecular complexity index is 899.